The zero-order valence-electron chi connectivity index (χ0n) is 22.3. The van der Waals surface area contributed by atoms with Crippen LogP contribution >= 0.6 is 11.3 Å². The van der Waals surface area contributed by atoms with E-state index in [4.69, 9.17) is 5.73 Å². The Balaban J connectivity index is 1.23. The van der Waals surface area contributed by atoms with Gasteiger partial charge in [-0.1, -0.05) is 54.6 Å². The molecule has 1 saturated heterocycles. The van der Waals surface area contributed by atoms with Crippen LogP contribution in [0.2, 0.25) is 0 Å². The number of nitrogen functional groups attached to an aromatic ring is 1. The lowest BCUT2D eigenvalue weighted by Crippen LogP contribution is -2.45. The molecule has 3 heterocycles. The number of aromatic nitrogens is 3. The summed E-state index contributed by atoms with van der Waals surface area (Å²) in [5.74, 6) is 0.849. The van der Waals surface area contributed by atoms with E-state index in [9.17, 15) is 4.79 Å². The van der Waals surface area contributed by atoms with E-state index in [1.165, 1.54) is 16.9 Å². The van der Waals surface area contributed by atoms with Crippen molar-refractivity contribution < 1.29 is 4.79 Å². The normalized spacial score (nSPS) is 14.8. The Hall–Kier alpha value is -4.34. The predicted octanol–water partition coefficient (Wildman–Crippen LogP) is 4.80. The molecule has 5 aromatic rings. The van der Waals surface area contributed by atoms with Gasteiger partial charge in [-0.2, -0.15) is 4.98 Å². The molecule has 2 aromatic heterocycles. The number of piperazine rings is 1. The second kappa shape index (κ2) is 11.4. The first-order valence-electron chi connectivity index (χ1n) is 13.4. The van der Waals surface area contributed by atoms with Gasteiger partial charge in [0.2, 0.25) is 5.95 Å². The molecule has 1 aliphatic heterocycles. The summed E-state index contributed by atoms with van der Waals surface area (Å²) in [5.41, 5.74) is 10.7. The van der Waals surface area contributed by atoms with Gasteiger partial charge in [0.25, 0.3) is 5.91 Å². The van der Waals surface area contributed by atoms with E-state index in [2.05, 4.69) is 73.5 Å². The molecule has 3 N–H and O–H groups in total. The van der Waals surface area contributed by atoms with Crippen molar-refractivity contribution in [3.63, 3.8) is 0 Å². The number of rotatable bonds is 7. The molecule has 1 unspecified atom stereocenters. The lowest BCUT2D eigenvalue weighted by atomic mass is 10.0. The predicted molar refractivity (Wildman–Crippen MR) is 162 cm³/mol. The van der Waals surface area contributed by atoms with Crippen molar-refractivity contribution in [1.29, 1.82) is 0 Å². The molecule has 0 aliphatic carbocycles. The van der Waals surface area contributed by atoms with Gasteiger partial charge in [-0.3, -0.25) is 4.79 Å². The number of hydrogen-bond acceptors (Lipinski definition) is 8. The molecule has 1 fully saturated rings. The molecule has 0 bridgehead atoms. The lowest BCUT2D eigenvalue weighted by Gasteiger charge is -2.33. The Morgan fingerprint density at radius 3 is 2.45 bits per heavy atom. The van der Waals surface area contributed by atoms with Gasteiger partial charge < -0.3 is 20.9 Å². The second-order valence-corrected chi connectivity index (χ2v) is 11.0. The van der Waals surface area contributed by atoms with Crippen LogP contribution in [0.4, 0.5) is 11.8 Å². The van der Waals surface area contributed by atoms with Crippen LogP contribution < -0.4 is 16.0 Å². The van der Waals surface area contributed by atoms with Crippen LogP contribution in [-0.2, 0) is 6.42 Å². The van der Waals surface area contributed by atoms with E-state index in [0.717, 1.165) is 53.5 Å². The average molecular weight is 550 g/mol. The summed E-state index contributed by atoms with van der Waals surface area (Å²) < 4.78 is 0. The summed E-state index contributed by atoms with van der Waals surface area (Å²) in [6.45, 7) is 3.65. The quantitative estimate of drug-likeness (QED) is 0.301. The minimum atomic E-state index is -0.262. The smallest absolute Gasteiger partial charge is 0.251 e. The van der Waals surface area contributed by atoms with Crippen LogP contribution in [0.15, 0.2) is 84.4 Å². The van der Waals surface area contributed by atoms with Gasteiger partial charge >= 0.3 is 0 Å². The molecular formula is C31H31N7OS. The monoisotopic (exact) mass is 549 g/mol. The van der Waals surface area contributed by atoms with Crippen LogP contribution in [0.5, 0.6) is 0 Å². The summed E-state index contributed by atoms with van der Waals surface area (Å²) in [4.78, 5) is 31.6. The largest absolute Gasteiger partial charge is 0.368 e. The fourth-order valence-corrected chi connectivity index (χ4v) is 5.77. The van der Waals surface area contributed by atoms with E-state index in [-0.39, 0.29) is 17.9 Å². The molecule has 8 nitrogen and oxygen atoms in total. The number of nitrogens with two attached hydrogens (primary N) is 1. The number of nitrogens with one attached hydrogen (secondary N) is 1. The summed E-state index contributed by atoms with van der Waals surface area (Å²) in [6.07, 6.45) is 2.40. The van der Waals surface area contributed by atoms with Gasteiger partial charge in [0.05, 0.1) is 11.6 Å². The average Bonchev–Trinajstić information content (AvgIpc) is 3.52. The standard InChI is InChI=1S/C31H31N7OS/c1-37-14-16-38(17-15-37)28-25-12-11-24(20-26(25)35-31(32)36-28)29(39)34-27(30-33-13-18-40-30)19-21-7-9-23(10-8-21)22-5-3-2-4-6-22/h2-13,18,20,27H,14-17,19H2,1H3,(H,34,39)(H2,32,35,36). The van der Waals surface area contributed by atoms with E-state index < -0.39 is 0 Å². The fraction of sp³-hybridized carbons (Fsp3) is 0.226. The number of likely N-dealkylation sites (N-methyl/N-ethyl adjacent to an activating group) is 1. The first-order valence-corrected chi connectivity index (χ1v) is 14.3. The lowest BCUT2D eigenvalue weighted by molar-refractivity contribution is 0.0936. The number of anilines is 2. The molecule has 0 spiro atoms. The number of carbonyl (C=O) groups is 1. The highest BCUT2D eigenvalue weighted by molar-refractivity contribution is 7.09. The van der Waals surface area contributed by atoms with Crippen LogP contribution in [0, 0.1) is 0 Å². The third-order valence-electron chi connectivity index (χ3n) is 7.31. The van der Waals surface area contributed by atoms with Gasteiger partial charge in [-0.15, -0.1) is 11.3 Å². The maximum atomic E-state index is 13.5. The van der Waals surface area contributed by atoms with Crippen molar-refractivity contribution in [1.82, 2.24) is 25.2 Å². The third kappa shape index (κ3) is 5.66. The van der Waals surface area contributed by atoms with E-state index in [0.29, 0.717) is 17.5 Å². The molecule has 40 heavy (non-hydrogen) atoms. The molecule has 9 heteroatoms. The number of nitrogens with zero attached hydrogens (tertiary/aromatic N) is 5. The summed E-state index contributed by atoms with van der Waals surface area (Å²) in [7, 11) is 2.12. The number of hydrogen-bond donors (Lipinski definition) is 2. The van der Waals surface area contributed by atoms with Crippen molar-refractivity contribution in [3.05, 3.63) is 101 Å². The van der Waals surface area contributed by atoms with Gasteiger partial charge in [0.15, 0.2) is 0 Å². The minimum absolute atomic E-state index is 0.179. The molecule has 6 rings (SSSR count). The fourth-order valence-electron chi connectivity index (χ4n) is 5.08. The number of thiazole rings is 1. The molecule has 1 aliphatic rings. The topological polar surface area (TPSA) is 100 Å². The Morgan fingerprint density at radius 1 is 0.975 bits per heavy atom. The molecule has 0 saturated carbocycles. The molecule has 1 atom stereocenters. The first-order chi connectivity index (χ1) is 19.5. The van der Waals surface area contributed by atoms with Crippen LogP contribution in [0.1, 0.15) is 27.0 Å². The van der Waals surface area contributed by atoms with Crippen LogP contribution in [-0.4, -0.2) is 59.0 Å². The van der Waals surface area contributed by atoms with Gasteiger partial charge in [-0.25, -0.2) is 9.97 Å². The van der Waals surface area contributed by atoms with Crippen molar-refractivity contribution in [2.75, 3.05) is 43.9 Å². The summed E-state index contributed by atoms with van der Waals surface area (Å²) in [5, 5.41) is 6.90. The van der Waals surface area contributed by atoms with Gasteiger partial charge in [0, 0.05) is 48.7 Å². The van der Waals surface area contributed by atoms with Crippen molar-refractivity contribution in [2.45, 2.75) is 12.5 Å². The molecular weight excluding hydrogens is 518 g/mol. The number of fused-ring (bicyclic) bond motifs is 1. The Kier molecular flexibility index (Phi) is 7.39. The van der Waals surface area contributed by atoms with Gasteiger partial charge in [0.1, 0.15) is 10.8 Å². The molecule has 202 valence electrons. The van der Waals surface area contributed by atoms with E-state index >= 15 is 0 Å². The van der Waals surface area contributed by atoms with Crippen LogP contribution in [0.25, 0.3) is 22.0 Å². The maximum Gasteiger partial charge on any atom is 0.251 e. The molecule has 1 amide bonds. The van der Waals surface area contributed by atoms with Crippen molar-refractivity contribution in [2.24, 2.45) is 0 Å². The minimum Gasteiger partial charge on any atom is -0.368 e. The van der Waals surface area contributed by atoms with Crippen molar-refractivity contribution in [3.8, 4) is 11.1 Å². The zero-order chi connectivity index (χ0) is 27.5. The SMILES string of the molecule is CN1CCN(c2nc(N)nc3cc(C(=O)NC(Cc4ccc(-c5ccccc5)cc4)c4nccs4)ccc23)CC1. The number of benzene rings is 3. The summed E-state index contributed by atoms with van der Waals surface area (Å²) >= 11 is 1.54. The third-order valence-corrected chi connectivity index (χ3v) is 8.20. The van der Waals surface area contributed by atoms with E-state index in [1.54, 1.807) is 12.3 Å². The highest BCUT2D eigenvalue weighted by atomic mass is 32.1. The van der Waals surface area contributed by atoms with Crippen LogP contribution in [0.3, 0.4) is 0 Å². The Labute approximate surface area is 237 Å². The number of carbonyl (C=O) groups excluding carboxylic acids is 1. The number of amides is 1. The van der Waals surface area contributed by atoms with Crippen molar-refractivity contribution >= 4 is 39.9 Å². The highest BCUT2D eigenvalue weighted by Gasteiger charge is 2.22. The second-order valence-electron chi connectivity index (χ2n) is 10.1. The maximum absolute atomic E-state index is 13.5. The van der Waals surface area contributed by atoms with E-state index in [1.807, 2.05) is 35.7 Å². The first kappa shape index (κ1) is 25.9. The molecule has 0 radical (unpaired) electrons. The Morgan fingerprint density at radius 2 is 1.73 bits per heavy atom. The zero-order valence-corrected chi connectivity index (χ0v) is 23.1. The Bertz CT molecular complexity index is 1600. The summed E-state index contributed by atoms with van der Waals surface area (Å²) in [6, 6.07) is 24.1. The highest BCUT2D eigenvalue weighted by Crippen LogP contribution is 2.28. The molecule has 3 aromatic carbocycles. The van der Waals surface area contributed by atoms with Gasteiger partial charge in [-0.05, 0) is 48.4 Å².